The molecular formula is C41H33N5O. The average molecular weight is 612 g/mol. The molecular weight excluding hydrogens is 578 g/mol. The summed E-state index contributed by atoms with van der Waals surface area (Å²) >= 11 is 0. The summed E-state index contributed by atoms with van der Waals surface area (Å²) in [4.78, 5) is 14.2. The van der Waals surface area contributed by atoms with Crippen molar-refractivity contribution in [2.75, 3.05) is 0 Å². The van der Waals surface area contributed by atoms with Crippen LogP contribution in [0.3, 0.4) is 0 Å². The van der Waals surface area contributed by atoms with Crippen LogP contribution < -0.4 is 4.74 Å². The van der Waals surface area contributed by atoms with Crippen molar-refractivity contribution in [2.24, 2.45) is 0 Å². The fraction of sp³-hybridized carbons (Fsp3) is 0.146. The van der Waals surface area contributed by atoms with Gasteiger partial charge in [0.05, 0.1) is 5.52 Å². The molecule has 0 atom stereocenters. The van der Waals surface area contributed by atoms with Crippen LogP contribution in [0.4, 0.5) is 0 Å². The first-order valence-electron chi connectivity index (χ1n) is 16.2. The van der Waals surface area contributed by atoms with E-state index in [1.807, 2.05) is 41.3 Å². The minimum absolute atomic E-state index is 0.396. The molecule has 6 heteroatoms. The molecule has 5 heterocycles. The number of fused-ring (bicyclic) bond motifs is 12. The van der Waals surface area contributed by atoms with Gasteiger partial charge in [-0.1, -0.05) is 64.1 Å². The molecule has 0 N–H and O–H groups in total. The van der Waals surface area contributed by atoms with Gasteiger partial charge in [0.15, 0.2) is 0 Å². The highest BCUT2D eigenvalue weighted by Crippen LogP contribution is 2.42. The van der Waals surface area contributed by atoms with E-state index >= 15 is 0 Å². The van der Waals surface area contributed by atoms with Crippen molar-refractivity contribution in [2.45, 2.75) is 39.5 Å². The largest absolute Gasteiger partial charge is 0.457 e. The van der Waals surface area contributed by atoms with E-state index in [0.717, 1.165) is 55.4 Å². The van der Waals surface area contributed by atoms with Gasteiger partial charge in [-0.15, -0.1) is 0 Å². The number of ether oxygens (including phenoxy) is 1. The van der Waals surface area contributed by atoms with Crippen LogP contribution in [0.25, 0.3) is 65.9 Å². The second-order valence-corrected chi connectivity index (χ2v) is 13.0. The Bertz CT molecular complexity index is 2650. The summed E-state index contributed by atoms with van der Waals surface area (Å²) in [5, 5.41) is 6.58. The lowest BCUT2D eigenvalue weighted by atomic mass is 9.84. The van der Waals surface area contributed by atoms with E-state index in [1.54, 1.807) is 0 Å². The number of nitrogens with zero attached hydrogens (tertiary/aromatic N) is 5. The van der Waals surface area contributed by atoms with Crippen molar-refractivity contribution < 1.29 is 4.74 Å². The minimum Gasteiger partial charge on any atom is -0.457 e. The molecule has 0 bridgehead atoms. The predicted molar refractivity (Wildman–Crippen MR) is 192 cm³/mol. The SMILES string of the molecule is CC(C)c1cccc(C(C)C)c1-c1cccc2c3ccc(Oc4ccc5c6cccnc6n6ccnc6c5c4)cc3c3nccn3c12. The van der Waals surface area contributed by atoms with E-state index in [-0.39, 0.29) is 0 Å². The summed E-state index contributed by atoms with van der Waals surface area (Å²) in [5.41, 5.74) is 9.15. The van der Waals surface area contributed by atoms with Crippen LogP contribution in [0.1, 0.15) is 50.7 Å². The van der Waals surface area contributed by atoms with Crippen LogP contribution >= 0.6 is 0 Å². The van der Waals surface area contributed by atoms with Crippen LogP contribution in [0, 0.1) is 0 Å². The molecule has 4 aromatic carbocycles. The zero-order valence-corrected chi connectivity index (χ0v) is 26.8. The highest BCUT2D eigenvalue weighted by molar-refractivity contribution is 6.16. The highest BCUT2D eigenvalue weighted by atomic mass is 16.5. The fourth-order valence-electron chi connectivity index (χ4n) is 7.39. The maximum absolute atomic E-state index is 6.56. The van der Waals surface area contributed by atoms with Gasteiger partial charge in [0.1, 0.15) is 28.4 Å². The minimum atomic E-state index is 0.396. The number of rotatable bonds is 5. The lowest BCUT2D eigenvalue weighted by Crippen LogP contribution is -2.02. The van der Waals surface area contributed by atoms with E-state index in [0.29, 0.717) is 11.8 Å². The first-order chi connectivity index (χ1) is 23.0. The van der Waals surface area contributed by atoms with E-state index in [1.165, 1.54) is 33.2 Å². The Kier molecular flexibility index (Phi) is 6.09. The summed E-state index contributed by atoms with van der Waals surface area (Å²) in [5.74, 6) is 2.30. The Hall–Kier alpha value is -5.75. The van der Waals surface area contributed by atoms with Gasteiger partial charge < -0.3 is 4.74 Å². The molecule has 47 heavy (non-hydrogen) atoms. The van der Waals surface area contributed by atoms with Gasteiger partial charge in [-0.05, 0) is 87.8 Å². The summed E-state index contributed by atoms with van der Waals surface area (Å²) in [6.07, 6.45) is 9.57. The third-order valence-electron chi connectivity index (χ3n) is 9.50. The number of imidazole rings is 2. The zero-order valence-electron chi connectivity index (χ0n) is 26.8. The van der Waals surface area contributed by atoms with Crippen LogP contribution in [0.5, 0.6) is 11.5 Å². The number of para-hydroxylation sites is 1. The first kappa shape index (κ1) is 27.6. The molecule has 9 aromatic rings. The first-order valence-corrected chi connectivity index (χ1v) is 16.2. The molecule has 0 fully saturated rings. The molecule has 6 nitrogen and oxygen atoms in total. The Morgan fingerprint density at radius 2 is 1.06 bits per heavy atom. The molecule has 0 saturated heterocycles. The number of pyridine rings is 3. The lowest BCUT2D eigenvalue weighted by Gasteiger charge is -2.22. The summed E-state index contributed by atoms with van der Waals surface area (Å²) in [7, 11) is 0. The number of hydrogen-bond donors (Lipinski definition) is 0. The monoisotopic (exact) mass is 611 g/mol. The third-order valence-corrected chi connectivity index (χ3v) is 9.50. The van der Waals surface area contributed by atoms with Crippen LogP contribution in [0.2, 0.25) is 0 Å². The average Bonchev–Trinajstić information content (AvgIpc) is 3.79. The number of benzene rings is 4. The van der Waals surface area contributed by atoms with Crippen LogP contribution in [-0.2, 0) is 0 Å². The lowest BCUT2D eigenvalue weighted by molar-refractivity contribution is 0.484. The van der Waals surface area contributed by atoms with E-state index in [9.17, 15) is 0 Å². The van der Waals surface area contributed by atoms with Crippen molar-refractivity contribution in [1.29, 1.82) is 0 Å². The quantitative estimate of drug-likeness (QED) is 0.182. The van der Waals surface area contributed by atoms with Crippen LogP contribution in [0.15, 0.2) is 116 Å². The summed E-state index contributed by atoms with van der Waals surface area (Å²) in [6, 6.07) is 30.1. The molecule has 0 unspecified atom stereocenters. The Labute approximate surface area is 271 Å². The molecule has 228 valence electrons. The highest BCUT2D eigenvalue weighted by Gasteiger charge is 2.21. The third kappa shape index (κ3) is 4.14. The molecule has 0 amide bonds. The topological polar surface area (TPSA) is 56.7 Å². The van der Waals surface area contributed by atoms with E-state index in [4.69, 9.17) is 9.72 Å². The maximum atomic E-state index is 6.56. The maximum Gasteiger partial charge on any atom is 0.146 e. The predicted octanol–water partition coefficient (Wildman–Crippen LogP) is 10.7. The van der Waals surface area contributed by atoms with Gasteiger partial charge in [-0.3, -0.25) is 8.80 Å². The molecule has 0 saturated carbocycles. The Balaban J connectivity index is 1.22. The van der Waals surface area contributed by atoms with Gasteiger partial charge in [0.2, 0.25) is 0 Å². The van der Waals surface area contributed by atoms with Crippen molar-refractivity contribution in [3.05, 3.63) is 127 Å². The number of hydrogen-bond acceptors (Lipinski definition) is 4. The molecule has 9 rings (SSSR count). The molecule has 0 radical (unpaired) electrons. The smallest absolute Gasteiger partial charge is 0.146 e. The number of aromatic nitrogens is 5. The van der Waals surface area contributed by atoms with Gasteiger partial charge in [0, 0.05) is 58.1 Å². The normalized spacial score (nSPS) is 12.2. The van der Waals surface area contributed by atoms with Gasteiger partial charge in [0.25, 0.3) is 0 Å². The molecule has 0 spiro atoms. The molecule has 5 aromatic heterocycles. The summed E-state index contributed by atoms with van der Waals surface area (Å²) in [6.45, 7) is 9.13. The van der Waals surface area contributed by atoms with Crippen molar-refractivity contribution in [3.63, 3.8) is 0 Å². The Morgan fingerprint density at radius 3 is 1.74 bits per heavy atom. The Morgan fingerprint density at radius 1 is 0.511 bits per heavy atom. The van der Waals surface area contributed by atoms with Crippen molar-refractivity contribution in [1.82, 2.24) is 23.8 Å². The summed E-state index contributed by atoms with van der Waals surface area (Å²) < 4.78 is 10.8. The van der Waals surface area contributed by atoms with Crippen molar-refractivity contribution in [3.8, 4) is 22.6 Å². The van der Waals surface area contributed by atoms with Gasteiger partial charge in [-0.2, -0.15) is 0 Å². The van der Waals surface area contributed by atoms with Gasteiger partial charge in [-0.25, -0.2) is 15.0 Å². The molecule has 0 aliphatic rings. The fourth-order valence-corrected chi connectivity index (χ4v) is 7.39. The van der Waals surface area contributed by atoms with Crippen LogP contribution in [-0.4, -0.2) is 23.8 Å². The zero-order chi connectivity index (χ0) is 31.8. The van der Waals surface area contributed by atoms with E-state index in [2.05, 4.69) is 121 Å². The van der Waals surface area contributed by atoms with Gasteiger partial charge >= 0.3 is 0 Å². The van der Waals surface area contributed by atoms with Crippen molar-refractivity contribution >= 4 is 54.8 Å². The molecule has 0 aliphatic carbocycles. The molecule has 0 aliphatic heterocycles. The van der Waals surface area contributed by atoms with E-state index < -0.39 is 0 Å². The standard InChI is InChI=1S/C41H33N5O/c1-24(2)28-8-5-9-29(25(3)4)37(28)34-11-6-10-32-30-15-13-26(22-35(30)40-43-18-20-45(40)38(32)34)47-27-14-16-31-33-12-7-17-42-39(33)46-21-19-44-41(46)36(31)23-27/h5-25H,1-4H3. The second-order valence-electron chi connectivity index (χ2n) is 13.0. The second kappa shape index (κ2) is 10.4.